The van der Waals surface area contributed by atoms with Crippen LogP contribution in [0.4, 0.5) is 0 Å². The molecule has 0 aliphatic heterocycles. The largest absolute Gasteiger partial charge is 0.342 e. The molecule has 72 valence electrons. The molecular weight excluding hydrogens is 279 g/mol. The van der Waals surface area contributed by atoms with Crippen molar-refractivity contribution >= 4 is 63.8 Å². The predicted octanol–water partition coefficient (Wildman–Crippen LogP) is 3.87. The molecule has 0 spiro atoms. The zero-order chi connectivity index (χ0) is 10.2. The number of nitrogens with one attached hydrogen (secondary N) is 1. The summed E-state index contributed by atoms with van der Waals surface area (Å²) in [5.41, 5.74) is 0.0648. The minimum atomic E-state index is -2.00. The smallest absolute Gasteiger partial charge is 0.254 e. The lowest BCUT2D eigenvalue weighted by Crippen LogP contribution is -2.19. The minimum Gasteiger partial charge on any atom is -0.342 e. The third-order valence-electron chi connectivity index (χ3n) is 1.23. The maximum atomic E-state index is 11.3. The second-order valence-electron chi connectivity index (χ2n) is 2.17. The molecule has 1 heterocycles. The van der Waals surface area contributed by atoms with Gasteiger partial charge in [0.1, 0.15) is 5.15 Å². The average Bonchev–Trinajstić information content (AvgIpc) is 2.29. The van der Waals surface area contributed by atoms with Crippen LogP contribution in [0.15, 0.2) is 6.07 Å². The van der Waals surface area contributed by atoms with Crippen molar-refractivity contribution in [1.29, 1.82) is 0 Å². The van der Waals surface area contributed by atoms with E-state index in [0.29, 0.717) is 0 Å². The molecule has 13 heavy (non-hydrogen) atoms. The highest BCUT2D eigenvalue weighted by molar-refractivity contribution is 6.77. The number of carbonyl (C=O) groups is 1. The van der Waals surface area contributed by atoms with Crippen LogP contribution in [0.2, 0.25) is 10.2 Å². The number of aromatic amines is 1. The van der Waals surface area contributed by atoms with Crippen LogP contribution in [0.5, 0.6) is 0 Å². The van der Waals surface area contributed by atoms with Crippen molar-refractivity contribution in [1.82, 2.24) is 4.98 Å². The van der Waals surface area contributed by atoms with Crippen molar-refractivity contribution in [3.05, 3.63) is 21.9 Å². The molecule has 0 radical (unpaired) electrons. The summed E-state index contributed by atoms with van der Waals surface area (Å²) in [7, 11) is 0. The Morgan fingerprint density at radius 1 is 1.31 bits per heavy atom. The van der Waals surface area contributed by atoms with Gasteiger partial charge in [0.05, 0.1) is 10.7 Å². The number of alkyl halides is 3. The molecule has 0 amide bonds. The lowest BCUT2D eigenvalue weighted by atomic mass is 10.3. The van der Waals surface area contributed by atoms with Crippen molar-refractivity contribution in [3.63, 3.8) is 0 Å². The van der Waals surface area contributed by atoms with Gasteiger partial charge in [0, 0.05) is 0 Å². The van der Waals surface area contributed by atoms with E-state index in [1.807, 2.05) is 0 Å². The molecule has 7 heteroatoms. The number of Topliss-reactive ketones (excluding diaryl/α,β-unsaturated/α-hetero) is 1. The molecule has 1 aromatic rings. The normalized spacial score (nSPS) is 11.8. The molecule has 0 unspecified atom stereocenters. The maximum Gasteiger partial charge on any atom is 0.254 e. The molecule has 2 nitrogen and oxygen atoms in total. The Balaban J connectivity index is 3.03. The summed E-state index contributed by atoms with van der Waals surface area (Å²) in [6.45, 7) is 0. The highest BCUT2D eigenvalue weighted by Crippen LogP contribution is 2.32. The second-order valence-corrected chi connectivity index (χ2v) is 5.24. The quantitative estimate of drug-likeness (QED) is 0.615. The Bertz CT molecular complexity index is 320. The summed E-state index contributed by atoms with van der Waals surface area (Å²) in [6.07, 6.45) is 0. The van der Waals surface area contributed by atoms with Gasteiger partial charge in [-0.15, -0.1) is 0 Å². The van der Waals surface area contributed by atoms with Gasteiger partial charge in [0.15, 0.2) is 0 Å². The van der Waals surface area contributed by atoms with Crippen molar-refractivity contribution in [3.8, 4) is 0 Å². The van der Waals surface area contributed by atoms with Crippen LogP contribution in [0.1, 0.15) is 10.5 Å². The molecule has 0 aliphatic rings. The molecule has 1 rings (SSSR count). The lowest BCUT2D eigenvalue weighted by Gasteiger charge is -2.06. The lowest BCUT2D eigenvalue weighted by molar-refractivity contribution is 0.0992. The minimum absolute atomic E-state index is 0.0648. The summed E-state index contributed by atoms with van der Waals surface area (Å²) in [5.74, 6) is -0.702. The summed E-state index contributed by atoms with van der Waals surface area (Å²) in [4.78, 5) is 13.8. The molecule has 0 saturated heterocycles. The number of H-pyrrole nitrogens is 1. The van der Waals surface area contributed by atoms with Crippen LogP contribution >= 0.6 is 58.0 Å². The van der Waals surface area contributed by atoms with Gasteiger partial charge in [-0.2, -0.15) is 0 Å². The Hall–Kier alpha value is 0.400. The first-order valence-electron chi connectivity index (χ1n) is 2.98. The monoisotopic (exact) mass is 279 g/mol. The van der Waals surface area contributed by atoms with E-state index >= 15 is 0 Å². The summed E-state index contributed by atoms with van der Waals surface area (Å²) in [6, 6.07) is 1.30. The number of ketones is 1. The number of carbonyl (C=O) groups excluding carboxylic acids is 1. The molecule has 0 fully saturated rings. The standard InChI is InChI=1S/C6H2Cl5NO/c7-2-1-3(12-5(2)8)4(13)6(9,10)11/h1,12H. The first kappa shape index (κ1) is 11.5. The van der Waals surface area contributed by atoms with Gasteiger partial charge >= 0.3 is 0 Å². The van der Waals surface area contributed by atoms with E-state index in [0.717, 1.165) is 0 Å². The fourth-order valence-electron chi connectivity index (χ4n) is 0.679. The van der Waals surface area contributed by atoms with Crippen LogP contribution in [0.3, 0.4) is 0 Å². The molecule has 1 aromatic heterocycles. The summed E-state index contributed by atoms with van der Waals surface area (Å²) >= 11 is 27.2. The number of hydrogen-bond donors (Lipinski definition) is 1. The van der Waals surface area contributed by atoms with Crippen molar-refractivity contribution in [2.45, 2.75) is 3.79 Å². The SMILES string of the molecule is O=C(c1cc(Cl)c(Cl)[nH]1)C(Cl)(Cl)Cl. The van der Waals surface area contributed by atoms with Gasteiger partial charge in [-0.3, -0.25) is 4.79 Å². The summed E-state index contributed by atoms with van der Waals surface area (Å²) in [5, 5.41) is 0.346. The van der Waals surface area contributed by atoms with Gasteiger partial charge in [-0.05, 0) is 6.07 Å². The van der Waals surface area contributed by atoms with Gasteiger partial charge in [0.25, 0.3) is 3.79 Å². The van der Waals surface area contributed by atoms with Crippen molar-refractivity contribution < 1.29 is 4.79 Å². The van der Waals surface area contributed by atoms with Crippen LogP contribution in [0.25, 0.3) is 0 Å². The molecule has 0 aliphatic carbocycles. The molecule has 0 atom stereocenters. The van der Waals surface area contributed by atoms with E-state index < -0.39 is 9.58 Å². The van der Waals surface area contributed by atoms with Crippen molar-refractivity contribution in [2.75, 3.05) is 0 Å². The second kappa shape index (κ2) is 3.87. The van der Waals surface area contributed by atoms with E-state index in [9.17, 15) is 4.79 Å². The molecule has 0 aromatic carbocycles. The predicted molar refractivity (Wildman–Crippen MR) is 55.4 cm³/mol. The van der Waals surface area contributed by atoms with Gasteiger partial charge in [-0.1, -0.05) is 58.0 Å². The first-order valence-corrected chi connectivity index (χ1v) is 4.87. The average molecular weight is 281 g/mol. The fraction of sp³-hybridized carbons (Fsp3) is 0.167. The van der Waals surface area contributed by atoms with Crippen LogP contribution < -0.4 is 0 Å². The zero-order valence-corrected chi connectivity index (χ0v) is 9.66. The van der Waals surface area contributed by atoms with Gasteiger partial charge in [-0.25, -0.2) is 0 Å². The number of aromatic nitrogens is 1. The topological polar surface area (TPSA) is 32.9 Å². The zero-order valence-electron chi connectivity index (χ0n) is 5.88. The maximum absolute atomic E-state index is 11.3. The van der Waals surface area contributed by atoms with E-state index in [-0.39, 0.29) is 15.9 Å². The van der Waals surface area contributed by atoms with Crippen LogP contribution in [0, 0.1) is 0 Å². The highest BCUT2D eigenvalue weighted by atomic mass is 35.6. The highest BCUT2D eigenvalue weighted by Gasteiger charge is 2.33. The molecular formula is C6H2Cl5NO. The van der Waals surface area contributed by atoms with E-state index in [4.69, 9.17) is 58.0 Å². The van der Waals surface area contributed by atoms with Crippen molar-refractivity contribution in [2.24, 2.45) is 0 Å². The fourth-order valence-corrected chi connectivity index (χ4v) is 1.30. The third kappa shape index (κ3) is 2.67. The number of halogens is 5. The Labute approximate surface area is 99.0 Å². The molecule has 0 saturated carbocycles. The molecule has 0 bridgehead atoms. The van der Waals surface area contributed by atoms with E-state index in [2.05, 4.69) is 4.98 Å². The van der Waals surface area contributed by atoms with E-state index in [1.54, 1.807) is 0 Å². The summed E-state index contributed by atoms with van der Waals surface area (Å²) < 4.78 is -2.00. The Kier molecular flexibility index (Phi) is 3.42. The third-order valence-corrected chi connectivity index (χ3v) is 2.44. The van der Waals surface area contributed by atoms with Gasteiger partial charge in [0.2, 0.25) is 5.78 Å². The Morgan fingerprint density at radius 3 is 2.15 bits per heavy atom. The number of hydrogen-bond acceptors (Lipinski definition) is 1. The van der Waals surface area contributed by atoms with E-state index in [1.165, 1.54) is 6.07 Å². The van der Waals surface area contributed by atoms with Crippen LogP contribution in [-0.2, 0) is 0 Å². The Morgan fingerprint density at radius 2 is 1.85 bits per heavy atom. The number of rotatable bonds is 1. The van der Waals surface area contributed by atoms with Gasteiger partial charge < -0.3 is 4.98 Å². The first-order chi connectivity index (χ1) is 5.82. The molecule has 1 N–H and O–H groups in total. The van der Waals surface area contributed by atoms with Crippen LogP contribution in [-0.4, -0.2) is 14.6 Å².